The van der Waals surface area contributed by atoms with Gasteiger partial charge in [0.05, 0.1) is 13.2 Å². The van der Waals surface area contributed by atoms with Crippen molar-refractivity contribution >= 4 is 0 Å². The number of hydrogen-bond acceptors (Lipinski definition) is 4. The van der Waals surface area contributed by atoms with Crippen molar-refractivity contribution in [1.29, 1.82) is 5.26 Å². The molecule has 0 aliphatic heterocycles. The maximum absolute atomic E-state index is 11.8. The van der Waals surface area contributed by atoms with E-state index in [1.54, 1.807) is 13.0 Å². The lowest BCUT2D eigenvalue weighted by atomic mass is 10.0. The first-order chi connectivity index (χ1) is 8.08. The van der Waals surface area contributed by atoms with Crippen molar-refractivity contribution in [3.05, 3.63) is 39.7 Å². The Labute approximate surface area is 98.9 Å². The van der Waals surface area contributed by atoms with Gasteiger partial charge in [-0.2, -0.15) is 5.26 Å². The fourth-order valence-electron chi connectivity index (χ4n) is 1.70. The smallest absolute Gasteiger partial charge is 0.271 e. The molecule has 5 heteroatoms. The zero-order valence-corrected chi connectivity index (χ0v) is 9.60. The van der Waals surface area contributed by atoms with Gasteiger partial charge in [-0.15, -0.1) is 6.58 Å². The number of aromatic hydroxyl groups is 1. The number of nitriles is 1. The first-order valence-corrected chi connectivity index (χ1v) is 5.15. The van der Waals surface area contributed by atoms with Gasteiger partial charge >= 0.3 is 0 Å². The molecule has 0 saturated heterocycles. The Morgan fingerprint density at radius 1 is 1.59 bits per heavy atom. The van der Waals surface area contributed by atoms with Crippen molar-refractivity contribution in [2.75, 3.05) is 6.61 Å². The number of aliphatic hydroxyl groups excluding tert-OH is 1. The van der Waals surface area contributed by atoms with Crippen LogP contribution in [0.5, 0.6) is 5.88 Å². The molecule has 1 aromatic rings. The summed E-state index contributed by atoms with van der Waals surface area (Å²) in [6.07, 6.45) is 1.94. The van der Waals surface area contributed by atoms with Crippen LogP contribution in [0.3, 0.4) is 0 Å². The first-order valence-electron chi connectivity index (χ1n) is 5.15. The third kappa shape index (κ3) is 2.22. The highest BCUT2D eigenvalue weighted by molar-refractivity contribution is 5.46. The molecule has 0 amide bonds. The molecule has 0 fully saturated rings. The lowest BCUT2D eigenvalue weighted by Crippen LogP contribution is -2.26. The van der Waals surface area contributed by atoms with Crippen LogP contribution in [0, 0.1) is 18.3 Å². The predicted molar refractivity (Wildman–Crippen MR) is 62.8 cm³/mol. The van der Waals surface area contributed by atoms with Crippen molar-refractivity contribution in [2.45, 2.75) is 19.9 Å². The van der Waals surface area contributed by atoms with Gasteiger partial charge in [-0.05, 0) is 18.9 Å². The van der Waals surface area contributed by atoms with Crippen molar-refractivity contribution in [3.8, 4) is 11.9 Å². The Balaban J connectivity index is 3.64. The van der Waals surface area contributed by atoms with E-state index in [1.807, 2.05) is 6.07 Å². The largest absolute Gasteiger partial charge is 0.494 e. The number of hydrogen-bond donors (Lipinski definition) is 2. The molecule has 1 aromatic heterocycles. The number of allylic oxidation sites excluding steroid dienone is 1. The molecule has 0 unspecified atom stereocenters. The van der Waals surface area contributed by atoms with Crippen LogP contribution in [0.15, 0.2) is 17.4 Å². The van der Waals surface area contributed by atoms with Gasteiger partial charge in [-0.3, -0.25) is 9.36 Å². The van der Waals surface area contributed by atoms with Gasteiger partial charge < -0.3 is 10.2 Å². The van der Waals surface area contributed by atoms with Gasteiger partial charge in [0.1, 0.15) is 11.6 Å². The maximum Gasteiger partial charge on any atom is 0.271 e. The normalized spacial score (nSPS) is 9.94. The second-order valence-electron chi connectivity index (χ2n) is 3.59. The summed E-state index contributed by atoms with van der Waals surface area (Å²) in [5, 5.41) is 27.7. The van der Waals surface area contributed by atoms with Crippen molar-refractivity contribution in [1.82, 2.24) is 4.57 Å². The fraction of sp³-hybridized carbons (Fsp3) is 0.333. The third-order valence-corrected chi connectivity index (χ3v) is 2.60. The van der Waals surface area contributed by atoms with Gasteiger partial charge in [0, 0.05) is 5.56 Å². The summed E-state index contributed by atoms with van der Waals surface area (Å²) in [5.74, 6) is -0.208. The second-order valence-corrected chi connectivity index (χ2v) is 3.59. The Bertz CT molecular complexity index is 538. The molecular weight excluding hydrogens is 220 g/mol. The fourth-order valence-corrected chi connectivity index (χ4v) is 1.70. The third-order valence-electron chi connectivity index (χ3n) is 2.60. The van der Waals surface area contributed by atoms with E-state index in [-0.39, 0.29) is 24.6 Å². The molecule has 2 N–H and O–H groups in total. The molecule has 0 aliphatic rings. The summed E-state index contributed by atoms with van der Waals surface area (Å²) < 4.78 is 1.00. The first kappa shape index (κ1) is 13.0. The lowest BCUT2D eigenvalue weighted by molar-refractivity contribution is 0.263. The van der Waals surface area contributed by atoms with Gasteiger partial charge in [-0.25, -0.2) is 0 Å². The quantitative estimate of drug-likeness (QED) is 0.741. The van der Waals surface area contributed by atoms with Gasteiger partial charge in [-0.1, -0.05) is 6.08 Å². The van der Waals surface area contributed by atoms with E-state index in [1.165, 1.54) is 0 Å². The molecule has 0 radical (unpaired) electrons. The van der Waals surface area contributed by atoms with Crippen molar-refractivity contribution < 1.29 is 10.2 Å². The minimum atomic E-state index is -0.579. The molecule has 0 atom stereocenters. The molecule has 0 spiro atoms. The van der Waals surface area contributed by atoms with E-state index in [2.05, 4.69) is 6.58 Å². The molecule has 90 valence electrons. The number of aromatic nitrogens is 1. The average Bonchev–Trinajstić information content (AvgIpc) is 2.31. The van der Waals surface area contributed by atoms with Crippen LogP contribution in [0.25, 0.3) is 0 Å². The van der Waals surface area contributed by atoms with Gasteiger partial charge in [0.2, 0.25) is 0 Å². The number of aliphatic hydroxyl groups is 1. The topological polar surface area (TPSA) is 86.2 Å². The molecule has 0 aromatic carbocycles. The number of pyridine rings is 1. The summed E-state index contributed by atoms with van der Waals surface area (Å²) >= 11 is 0. The highest BCUT2D eigenvalue weighted by Crippen LogP contribution is 2.22. The van der Waals surface area contributed by atoms with E-state index in [0.29, 0.717) is 17.5 Å². The molecule has 0 bridgehead atoms. The Kier molecular flexibility index (Phi) is 4.07. The summed E-state index contributed by atoms with van der Waals surface area (Å²) in [6, 6.07) is 1.83. The maximum atomic E-state index is 11.8. The van der Waals surface area contributed by atoms with Crippen LogP contribution in [0.1, 0.15) is 16.7 Å². The van der Waals surface area contributed by atoms with Crippen LogP contribution >= 0.6 is 0 Å². The van der Waals surface area contributed by atoms with Crippen LogP contribution < -0.4 is 5.56 Å². The van der Waals surface area contributed by atoms with Crippen LogP contribution in [-0.4, -0.2) is 21.4 Å². The minimum Gasteiger partial charge on any atom is -0.494 e. The molecule has 0 saturated carbocycles. The van der Waals surface area contributed by atoms with E-state index in [9.17, 15) is 9.90 Å². The standard InChI is InChI=1S/C12H14N2O3/c1-3-4-9-8(2)10(7-13)12(17)14(5-6-15)11(9)16/h3,15-16H,1,4-6H2,2H3. The number of rotatable bonds is 4. The van der Waals surface area contributed by atoms with Crippen LogP contribution in [0.2, 0.25) is 0 Å². The van der Waals surface area contributed by atoms with Gasteiger partial charge in [0.15, 0.2) is 5.88 Å². The molecular formula is C12H14N2O3. The molecule has 1 rings (SSSR count). The van der Waals surface area contributed by atoms with E-state index in [0.717, 1.165) is 4.57 Å². The molecule has 0 aliphatic carbocycles. The summed E-state index contributed by atoms with van der Waals surface area (Å²) in [7, 11) is 0. The number of nitrogens with zero attached hydrogens (tertiary/aromatic N) is 2. The highest BCUT2D eigenvalue weighted by atomic mass is 16.3. The monoisotopic (exact) mass is 234 g/mol. The summed E-state index contributed by atoms with van der Waals surface area (Å²) in [4.78, 5) is 11.8. The predicted octanol–water partition coefficient (Wildman–Crippen LogP) is 0.455. The molecule has 1 heterocycles. The zero-order valence-electron chi connectivity index (χ0n) is 9.60. The van der Waals surface area contributed by atoms with E-state index >= 15 is 0 Å². The minimum absolute atomic E-state index is 0.00639. The highest BCUT2D eigenvalue weighted by Gasteiger charge is 2.17. The van der Waals surface area contributed by atoms with Crippen LogP contribution in [-0.2, 0) is 13.0 Å². The van der Waals surface area contributed by atoms with Crippen LogP contribution in [0.4, 0.5) is 0 Å². The van der Waals surface area contributed by atoms with E-state index < -0.39 is 5.56 Å². The Morgan fingerprint density at radius 2 is 2.24 bits per heavy atom. The second kappa shape index (κ2) is 5.32. The van der Waals surface area contributed by atoms with E-state index in [4.69, 9.17) is 10.4 Å². The van der Waals surface area contributed by atoms with Crippen molar-refractivity contribution in [2.24, 2.45) is 0 Å². The molecule has 5 nitrogen and oxygen atoms in total. The Hall–Kier alpha value is -2.06. The van der Waals surface area contributed by atoms with Gasteiger partial charge in [0.25, 0.3) is 5.56 Å². The van der Waals surface area contributed by atoms with Crippen molar-refractivity contribution in [3.63, 3.8) is 0 Å². The SMILES string of the molecule is C=CCc1c(C)c(C#N)c(=O)n(CCO)c1O. The summed E-state index contributed by atoms with van der Waals surface area (Å²) in [6.45, 7) is 4.85. The summed E-state index contributed by atoms with van der Waals surface area (Å²) in [5.41, 5.74) is 0.367. The lowest BCUT2D eigenvalue weighted by Gasteiger charge is -2.14. The Morgan fingerprint density at radius 3 is 2.71 bits per heavy atom. The zero-order chi connectivity index (χ0) is 13.0. The molecule has 17 heavy (non-hydrogen) atoms. The average molecular weight is 234 g/mol.